The Bertz CT molecular complexity index is 787. The standard InChI is InChI=1S/C19H22N2O4/c1-2-20(19(23)10-12-21-11-6-5-9-18(21)22)13-15-14-24-16-7-3-4-8-17(16)25-15/h3-9,11,15H,2,10,12-14H2,1H3. The summed E-state index contributed by atoms with van der Waals surface area (Å²) in [6, 6.07) is 12.5. The quantitative estimate of drug-likeness (QED) is 0.805. The number of carbonyl (C=O) groups is 1. The normalized spacial score (nSPS) is 15.6. The van der Waals surface area contributed by atoms with E-state index in [9.17, 15) is 9.59 Å². The minimum atomic E-state index is -0.196. The third kappa shape index (κ3) is 4.21. The van der Waals surface area contributed by atoms with Crippen LogP contribution in [0.4, 0.5) is 0 Å². The maximum Gasteiger partial charge on any atom is 0.250 e. The number of amides is 1. The van der Waals surface area contributed by atoms with Crippen LogP contribution in [0.25, 0.3) is 0 Å². The first-order valence-electron chi connectivity index (χ1n) is 8.49. The number of hydrogen-bond acceptors (Lipinski definition) is 4. The summed E-state index contributed by atoms with van der Waals surface area (Å²) in [7, 11) is 0. The molecule has 0 bridgehead atoms. The summed E-state index contributed by atoms with van der Waals surface area (Å²) in [5.74, 6) is 1.44. The zero-order valence-electron chi connectivity index (χ0n) is 14.3. The molecule has 0 saturated heterocycles. The molecule has 2 aromatic rings. The van der Waals surface area contributed by atoms with Gasteiger partial charge < -0.3 is 18.9 Å². The largest absolute Gasteiger partial charge is 0.486 e. The van der Waals surface area contributed by atoms with Gasteiger partial charge in [0.2, 0.25) is 5.91 Å². The summed E-state index contributed by atoms with van der Waals surface area (Å²) in [6.45, 7) is 3.78. The van der Waals surface area contributed by atoms with Crippen molar-refractivity contribution >= 4 is 5.91 Å². The van der Waals surface area contributed by atoms with E-state index < -0.39 is 0 Å². The van der Waals surface area contributed by atoms with Gasteiger partial charge in [-0.1, -0.05) is 18.2 Å². The fourth-order valence-corrected chi connectivity index (χ4v) is 2.83. The second kappa shape index (κ2) is 7.88. The summed E-state index contributed by atoms with van der Waals surface area (Å²) in [5.41, 5.74) is -0.0982. The molecule has 0 radical (unpaired) electrons. The van der Waals surface area contributed by atoms with Crippen molar-refractivity contribution in [2.75, 3.05) is 19.7 Å². The van der Waals surface area contributed by atoms with Gasteiger partial charge in [-0.25, -0.2) is 0 Å². The lowest BCUT2D eigenvalue weighted by Gasteiger charge is -2.31. The minimum absolute atomic E-state index is 0.000659. The van der Waals surface area contributed by atoms with E-state index in [-0.39, 0.29) is 24.0 Å². The van der Waals surface area contributed by atoms with Crippen LogP contribution in [0.15, 0.2) is 53.5 Å². The number of benzene rings is 1. The molecule has 3 rings (SSSR count). The van der Waals surface area contributed by atoms with Gasteiger partial charge in [-0.15, -0.1) is 0 Å². The van der Waals surface area contributed by atoms with Crippen LogP contribution >= 0.6 is 0 Å². The molecule has 1 amide bonds. The van der Waals surface area contributed by atoms with E-state index >= 15 is 0 Å². The van der Waals surface area contributed by atoms with Crippen molar-refractivity contribution in [2.45, 2.75) is 26.0 Å². The van der Waals surface area contributed by atoms with Crippen molar-refractivity contribution < 1.29 is 14.3 Å². The van der Waals surface area contributed by atoms with Crippen LogP contribution < -0.4 is 15.0 Å². The van der Waals surface area contributed by atoms with Gasteiger partial charge in [0, 0.05) is 31.8 Å². The molecule has 25 heavy (non-hydrogen) atoms. The number of nitrogens with zero attached hydrogens (tertiary/aromatic N) is 2. The number of likely N-dealkylation sites (N-methyl/N-ethyl adjacent to an activating group) is 1. The molecular weight excluding hydrogens is 320 g/mol. The average molecular weight is 342 g/mol. The molecule has 6 heteroatoms. The number of pyridine rings is 1. The number of fused-ring (bicyclic) bond motifs is 1. The Morgan fingerprint density at radius 1 is 1.20 bits per heavy atom. The third-order valence-corrected chi connectivity index (χ3v) is 4.19. The maximum absolute atomic E-state index is 12.5. The molecule has 1 aliphatic rings. The summed E-state index contributed by atoms with van der Waals surface area (Å²) in [6.07, 6.45) is 1.78. The second-order valence-electron chi connectivity index (χ2n) is 5.91. The summed E-state index contributed by atoms with van der Waals surface area (Å²) >= 11 is 0. The Morgan fingerprint density at radius 2 is 1.96 bits per heavy atom. The Morgan fingerprint density at radius 3 is 2.72 bits per heavy atom. The highest BCUT2D eigenvalue weighted by Crippen LogP contribution is 2.31. The van der Waals surface area contributed by atoms with Crippen LogP contribution in [0.1, 0.15) is 13.3 Å². The van der Waals surface area contributed by atoms with Crippen LogP contribution in [-0.2, 0) is 11.3 Å². The number of rotatable bonds is 6. The molecule has 1 atom stereocenters. The minimum Gasteiger partial charge on any atom is -0.486 e. The van der Waals surface area contributed by atoms with E-state index in [0.29, 0.717) is 32.0 Å². The number of aryl methyl sites for hydroxylation is 1. The van der Waals surface area contributed by atoms with Gasteiger partial charge >= 0.3 is 0 Å². The Hall–Kier alpha value is -2.76. The molecule has 0 spiro atoms. The van der Waals surface area contributed by atoms with Crippen molar-refractivity contribution in [2.24, 2.45) is 0 Å². The van der Waals surface area contributed by atoms with Crippen LogP contribution in [0.5, 0.6) is 11.5 Å². The molecule has 0 N–H and O–H groups in total. The number of para-hydroxylation sites is 2. The van der Waals surface area contributed by atoms with Gasteiger partial charge in [0.05, 0.1) is 6.54 Å². The lowest BCUT2D eigenvalue weighted by molar-refractivity contribution is -0.132. The van der Waals surface area contributed by atoms with Crippen LogP contribution in [0, 0.1) is 0 Å². The highest BCUT2D eigenvalue weighted by molar-refractivity contribution is 5.76. The second-order valence-corrected chi connectivity index (χ2v) is 5.91. The smallest absolute Gasteiger partial charge is 0.250 e. The highest BCUT2D eigenvalue weighted by atomic mass is 16.6. The molecule has 132 valence electrons. The number of hydrogen-bond donors (Lipinski definition) is 0. The predicted molar refractivity (Wildman–Crippen MR) is 93.9 cm³/mol. The Labute approximate surface area is 146 Å². The van der Waals surface area contributed by atoms with Gasteiger partial charge in [0.1, 0.15) is 6.61 Å². The van der Waals surface area contributed by atoms with E-state index in [4.69, 9.17) is 9.47 Å². The molecule has 2 heterocycles. The van der Waals surface area contributed by atoms with Crippen molar-refractivity contribution in [3.8, 4) is 11.5 Å². The Balaban J connectivity index is 1.56. The van der Waals surface area contributed by atoms with Crippen molar-refractivity contribution in [1.29, 1.82) is 0 Å². The Kier molecular flexibility index (Phi) is 5.38. The molecule has 0 fully saturated rings. The van der Waals surface area contributed by atoms with E-state index in [1.165, 1.54) is 6.07 Å². The molecule has 0 aliphatic carbocycles. The number of ether oxygens (including phenoxy) is 2. The van der Waals surface area contributed by atoms with Crippen molar-refractivity contribution in [3.63, 3.8) is 0 Å². The monoisotopic (exact) mass is 342 g/mol. The number of aromatic nitrogens is 1. The van der Waals surface area contributed by atoms with Crippen molar-refractivity contribution in [3.05, 3.63) is 59.0 Å². The van der Waals surface area contributed by atoms with Gasteiger partial charge in [0.25, 0.3) is 5.56 Å². The van der Waals surface area contributed by atoms with E-state index in [1.54, 1.807) is 27.8 Å². The molecule has 1 aromatic heterocycles. The summed E-state index contributed by atoms with van der Waals surface area (Å²) < 4.78 is 13.2. The van der Waals surface area contributed by atoms with Crippen LogP contribution in [0.2, 0.25) is 0 Å². The zero-order valence-corrected chi connectivity index (χ0v) is 14.3. The fraction of sp³-hybridized carbons (Fsp3) is 0.368. The molecule has 6 nitrogen and oxygen atoms in total. The van der Waals surface area contributed by atoms with Crippen molar-refractivity contribution in [1.82, 2.24) is 9.47 Å². The zero-order chi connectivity index (χ0) is 17.6. The van der Waals surface area contributed by atoms with Gasteiger partial charge in [0.15, 0.2) is 17.6 Å². The highest BCUT2D eigenvalue weighted by Gasteiger charge is 2.24. The molecule has 1 unspecified atom stereocenters. The van der Waals surface area contributed by atoms with Gasteiger partial charge in [-0.3, -0.25) is 9.59 Å². The SMILES string of the molecule is CCN(CC1COc2ccccc2O1)C(=O)CCn1ccccc1=O. The van der Waals surface area contributed by atoms with Gasteiger partial charge in [-0.05, 0) is 25.1 Å². The summed E-state index contributed by atoms with van der Waals surface area (Å²) in [4.78, 5) is 25.9. The summed E-state index contributed by atoms with van der Waals surface area (Å²) in [5, 5.41) is 0. The fourth-order valence-electron chi connectivity index (χ4n) is 2.83. The van der Waals surface area contributed by atoms with Crippen LogP contribution in [-0.4, -0.2) is 41.2 Å². The molecule has 1 aromatic carbocycles. The van der Waals surface area contributed by atoms with Gasteiger partial charge in [-0.2, -0.15) is 0 Å². The van der Waals surface area contributed by atoms with E-state index in [1.807, 2.05) is 31.2 Å². The lowest BCUT2D eigenvalue weighted by atomic mass is 10.2. The van der Waals surface area contributed by atoms with E-state index in [0.717, 1.165) is 5.75 Å². The molecule has 0 saturated carbocycles. The first-order chi connectivity index (χ1) is 12.2. The number of carbonyl (C=O) groups excluding carboxylic acids is 1. The van der Waals surface area contributed by atoms with E-state index in [2.05, 4.69) is 0 Å². The molecule has 1 aliphatic heterocycles. The maximum atomic E-state index is 12.5. The lowest BCUT2D eigenvalue weighted by Crippen LogP contribution is -2.43. The third-order valence-electron chi connectivity index (χ3n) is 4.19. The molecular formula is C19H22N2O4. The first kappa shape index (κ1) is 17.1. The average Bonchev–Trinajstić information content (AvgIpc) is 2.65. The van der Waals surface area contributed by atoms with Crippen LogP contribution in [0.3, 0.4) is 0 Å². The predicted octanol–water partition coefficient (Wildman–Crippen LogP) is 1.93. The first-order valence-corrected chi connectivity index (χ1v) is 8.49. The topological polar surface area (TPSA) is 60.8 Å².